The van der Waals surface area contributed by atoms with Crippen LogP contribution in [-0.4, -0.2) is 50.2 Å². The lowest BCUT2D eigenvalue weighted by molar-refractivity contribution is -0.142. The summed E-state index contributed by atoms with van der Waals surface area (Å²) in [6.45, 7) is 5.89. The summed E-state index contributed by atoms with van der Waals surface area (Å²) in [5.41, 5.74) is 0. The van der Waals surface area contributed by atoms with E-state index in [-0.39, 0.29) is 5.97 Å². The summed E-state index contributed by atoms with van der Waals surface area (Å²) < 4.78 is 4.84. The second kappa shape index (κ2) is 9.51. The molecule has 0 spiro atoms. The van der Waals surface area contributed by atoms with E-state index >= 15 is 0 Å². The van der Waals surface area contributed by atoms with E-state index in [1.54, 1.807) is 0 Å². The highest BCUT2D eigenvalue weighted by Gasteiger charge is 2.28. The molecule has 2 unspecified atom stereocenters. The number of piperidine rings is 1. The fourth-order valence-corrected chi connectivity index (χ4v) is 4.17. The second-order valence-corrected chi connectivity index (χ2v) is 7.27. The van der Waals surface area contributed by atoms with Crippen LogP contribution in [0.1, 0.15) is 58.3 Å². The van der Waals surface area contributed by atoms with Crippen molar-refractivity contribution in [3.63, 3.8) is 0 Å². The summed E-state index contributed by atoms with van der Waals surface area (Å²) in [5, 5.41) is 3.81. The van der Waals surface area contributed by atoms with Crippen LogP contribution < -0.4 is 5.32 Å². The van der Waals surface area contributed by atoms with E-state index in [1.165, 1.54) is 58.5 Å². The van der Waals surface area contributed by atoms with E-state index in [0.717, 1.165) is 25.6 Å². The maximum Gasteiger partial charge on any atom is 0.319 e. The van der Waals surface area contributed by atoms with Crippen molar-refractivity contribution < 1.29 is 9.53 Å². The average Bonchev–Trinajstić information content (AvgIpc) is 2.54. The van der Waals surface area contributed by atoms with Gasteiger partial charge in [0.1, 0.15) is 0 Å². The zero-order valence-corrected chi connectivity index (χ0v) is 14.5. The zero-order chi connectivity index (χ0) is 15.8. The lowest BCUT2D eigenvalue weighted by Crippen LogP contribution is -2.51. The number of carbonyl (C=O) groups excluding carboxylic acids is 1. The third kappa shape index (κ3) is 5.88. The van der Waals surface area contributed by atoms with E-state index in [9.17, 15) is 4.79 Å². The lowest BCUT2D eigenvalue weighted by Gasteiger charge is -2.38. The van der Waals surface area contributed by atoms with Crippen molar-refractivity contribution >= 4 is 5.97 Å². The van der Waals surface area contributed by atoms with Gasteiger partial charge in [-0.2, -0.15) is 0 Å². The highest BCUT2D eigenvalue weighted by molar-refractivity contribution is 5.71. The maximum absolute atomic E-state index is 11.6. The number of likely N-dealkylation sites (tertiary alicyclic amines) is 1. The van der Waals surface area contributed by atoms with Gasteiger partial charge in [0.25, 0.3) is 0 Å². The van der Waals surface area contributed by atoms with E-state index < -0.39 is 0 Å². The standard InChI is InChI=1S/C18H34N2O2/c1-3-7-16-10-17(13-20(12-16)14-18(21)22-2)19-11-15-8-5-4-6-9-15/h15-17,19H,3-14H2,1-2H3. The number of nitrogens with one attached hydrogen (secondary N) is 1. The molecule has 0 amide bonds. The summed E-state index contributed by atoms with van der Waals surface area (Å²) in [7, 11) is 1.48. The van der Waals surface area contributed by atoms with E-state index in [0.29, 0.717) is 18.5 Å². The minimum absolute atomic E-state index is 0.108. The van der Waals surface area contributed by atoms with Crippen LogP contribution in [0.25, 0.3) is 0 Å². The molecule has 1 heterocycles. The number of ether oxygens (including phenoxy) is 1. The Morgan fingerprint density at radius 1 is 1.18 bits per heavy atom. The Bertz CT molecular complexity index is 329. The Hall–Kier alpha value is -0.610. The Morgan fingerprint density at radius 3 is 2.64 bits per heavy atom. The molecular weight excluding hydrogens is 276 g/mol. The molecule has 4 heteroatoms. The van der Waals surface area contributed by atoms with Crippen molar-refractivity contribution in [1.82, 2.24) is 10.2 Å². The molecule has 2 fully saturated rings. The van der Waals surface area contributed by atoms with Gasteiger partial charge in [-0.3, -0.25) is 9.69 Å². The van der Waals surface area contributed by atoms with Crippen LogP contribution in [0.3, 0.4) is 0 Å². The largest absolute Gasteiger partial charge is 0.468 e. The summed E-state index contributed by atoms with van der Waals surface area (Å²) in [5.74, 6) is 1.48. The first-order valence-electron chi connectivity index (χ1n) is 9.23. The van der Waals surface area contributed by atoms with Crippen LogP contribution in [0.15, 0.2) is 0 Å². The third-order valence-corrected chi connectivity index (χ3v) is 5.31. The topological polar surface area (TPSA) is 41.6 Å². The predicted molar refractivity (Wildman–Crippen MR) is 89.8 cm³/mol. The summed E-state index contributed by atoms with van der Waals surface area (Å²) in [6.07, 6.45) is 10.8. The molecular formula is C18H34N2O2. The molecule has 0 aromatic rings. The number of rotatable bonds is 7. The van der Waals surface area contributed by atoms with E-state index in [1.807, 2.05) is 0 Å². The van der Waals surface area contributed by atoms with Crippen molar-refractivity contribution in [3.05, 3.63) is 0 Å². The monoisotopic (exact) mass is 310 g/mol. The van der Waals surface area contributed by atoms with Gasteiger partial charge in [0.2, 0.25) is 0 Å². The normalized spacial score (nSPS) is 27.7. The first kappa shape index (κ1) is 17.7. The van der Waals surface area contributed by atoms with Crippen LogP contribution in [0.4, 0.5) is 0 Å². The molecule has 2 rings (SSSR count). The van der Waals surface area contributed by atoms with Gasteiger partial charge in [-0.05, 0) is 44.1 Å². The van der Waals surface area contributed by atoms with Crippen LogP contribution in [-0.2, 0) is 9.53 Å². The lowest BCUT2D eigenvalue weighted by atomic mass is 9.87. The predicted octanol–water partition coefficient (Wildman–Crippen LogP) is 2.82. The quantitative estimate of drug-likeness (QED) is 0.734. The molecule has 4 nitrogen and oxygen atoms in total. The molecule has 0 bridgehead atoms. The summed E-state index contributed by atoms with van der Waals surface area (Å²) in [4.78, 5) is 13.9. The highest BCUT2D eigenvalue weighted by atomic mass is 16.5. The molecule has 1 saturated carbocycles. The Morgan fingerprint density at radius 2 is 1.95 bits per heavy atom. The fraction of sp³-hybridized carbons (Fsp3) is 0.944. The molecule has 0 aromatic heterocycles. The number of esters is 1. The molecule has 1 aliphatic carbocycles. The van der Waals surface area contributed by atoms with Crippen molar-refractivity contribution in [2.75, 3.05) is 33.3 Å². The average molecular weight is 310 g/mol. The molecule has 2 atom stereocenters. The van der Waals surface area contributed by atoms with Gasteiger partial charge >= 0.3 is 5.97 Å². The van der Waals surface area contributed by atoms with E-state index in [2.05, 4.69) is 17.1 Å². The number of hydrogen-bond donors (Lipinski definition) is 1. The number of hydrogen-bond acceptors (Lipinski definition) is 4. The second-order valence-electron chi connectivity index (χ2n) is 7.27. The third-order valence-electron chi connectivity index (χ3n) is 5.31. The molecule has 1 N–H and O–H groups in total. The van der Waals surface area contributed by atoms with Crippen LogP contribution in [0.2, 0.25) is 0 Å². The van der Waals surface area contributed by atoms with Crippen LogP contribution >= 0.6 is 0 Å². The van der Waals surface area contributed by atoms with Crippen molar-refractivity contribution in [2.24, 2.45) is 11.8 Å². The smallest absolute Gasteiger partial charge is 0.319 e. The van der Waals surface area contributed by atoms with Gasteiger partial charge in [0, 0.05) is 19.1 Å². The Balaban J connectivity index is 1.80. The van der Waals surface area contributed by atoms with Crippen molar-refractivity contribution in [2.45, 2.75) is 64.3 Å². The number of methoxy groups -OCH3 is 1. The van der Waals surface area contributed by atoms with Crippen LogP contribution in [0, 0.1) is 11.8 Å². The fourth-order valence-electron chi connectivity index (χ4n) is 4.17. The molecule has 0 radical (unpaired) electrons. The Kier molecular flexibility index (Phi) is 7.67. The molecule has 22 heavy (non-hydrogen) atoms. The molecule has 1 aliphatic heterocycles. The van der Waals surface area contributed by atoms with Gasteiger partial charge in [-0.1, -0.05) is 32.6 Å². The summed E-state index contributed by atoms with van der Waals surface area (Å²) >= 11 is 0. The molecule has 2 aliphatic rings. The van der Waals surface area contributed by atoms with E-state index in [4.69, 9.17) is 4.74 Å². The zero-order valence-electron chi connectivity index (χ0n) is 14.5. The molecule has 128 valence electrons. The molecule has 1 saturated heterocycles. The number of nitrogens with zero attached hydrogens (tertiary/aromatic N) is 1. The molecule has 0 aromatic carbocycles. The maximum atomic E-state index is 11.6. The van der Waals surface area contributed by atoms with Crippen molar-refractivity contribution in [1.29, 1.82) is 0 Å². The minimum Gasteiger partial charge on any atom is -0.468 e. The van der Waals surface area contributed by atoms with Crippen LogP contribution in [0.5, 0.6) is 0 Å². The van der Waals surface area contributed by atoms with Gasteiger partial charge in [-0.25, -0.2) is 0 Å². The van der Waals surface area contributed by atoms with Gasteiger partial charge in [-0.15, -0.1) is 0 Å². The minimum atomic E-state index is -0.108. The van der Waals surface area contributed by atoms with Gasteiger partial charge in [0.05, 0.1) is 13.7 Å². The van der Waals surface area contributed by atoms with Crippen molar-refractivity contribution in [3.8, 4) is 0 Å². The SMILES string of the molecule is CCCC1CC(NCC2CCCCC2)CN(CC(=O)OC)C1. The van der Waals surface area contributed by atoms with Gasteiger partial charge < -0.3 is 10.1 Å². The number of carbonyl (C=O) groups is 1. The Labute approximate surface area is 136 Å². The highest BCUT2D eigenvalue weighted by Crippen LogP contribution is 2.25. The summed E-state index contributed by atoms with van der Waals surface area (Å²) in [6, 6.07) is 0.539. The van der Waals surface area contributed by atoms with Gasteiger partial charge in [0.15, 0.2) is 0 Å². The first-order chi connectivity index (χ1) is 10.7. The first-order valence-corrected chi connectivity index (χ1v) is 9.23.